The Labute approximate surface area is 257 Å². The van der Waals surface area contributed by atoms with Gasteiger partial charge in [-0.3, -0.25) is 28.9 Å². The number of anilines is 1. The first kappa shape index (κ1) is 32.2. The molecule has 2 aromatic carbocycles. The zero-order valence-corrected chi connectivity index (χ0v) is 25.0. The van der Waals surface area contributed by atoms with E-state index in [9.17, 15) is 24.0 Å². The maximum atomic E-state index is 14.5. The molecule has 1 fully saturated rings. The van der Waals surface area contributed by atoms with Crippen LogP contribution < -0.4 is 10.6 Å². The molecule has 0 spiro atoms. The molecule has 5 unspecified atom stereocenters. The van der Waals surface area contributed by atoms with Crippen LogP contribution in [0.3, 0.4) is 0 Å². The normalized spacial score (nSPS) is 24.0. The van der Waals surface area contributed by atoms with Gasteiger partial charge in [0.05, 0.1) is 16.9 Å². The molecule has 13 nitrogen and oxygen atoms in total. The van der Waals surface area contributed by atoms with Gasteiger partial charge in [0.1, 0.15) is 18.5 Å². The molecule has 0 saturated carbocycles. The van der Waals surface area contributed by atoms with Crippen molar-refractivity contribution in [1.82, 2.24) is 0 Å². The Kier molecular flexibility index (Phi) is 10.0. The molecule has 4 rings (SSSR count). The lowest BCUT2D eigenvalue weighted by Crippen LogP contribution is -2.67. The standard InChI is InChI=1S/C30H30ClN3O10/c1-15(35)40-14-24-25(41-16(2)36)26(42-17(3)37)27(43-18(4)38)30(44-24)34-23-8-6-5-7-22(23)33-28(32)21(29(34)39)13-19-9-11-20(31)12-10-19/h5-13,24-27,30H,14H2,1-4H3,(H2,32,33). The lowest BCUT2D eigenvalue weighted by molar-refractivity contribution is -0.251. The fourth-order valence-corrected chi connectivity index (χ4v) is 4.95. The van der Waals surface area contributed by atoms with Crippen molar-refractivity contribution in [3.63, 3.8) is 0 Å². The third kappa shape index (κ3) is 7.41. The van der Waals surface area contributed by atoms with E-state index in [-0.39, 0.29) is 22.8 Å². The van der Waals surface area contributed by atoms with Crippen LogP contribution >= 0.6 is 11.6 Å². The SMILES string of the molecule is CC(=O)OCC1OC(N2C(=O)C(=Cc3ccc(Cl)cc3)C(N)=Nc3ccccc32)C(OC(C)=O)C(OC(C)=O)C1OC(C)=O. The minimum Gasteiger partial charge on any atom is -0.463 e. The molecule has 14 heteroatoms. The summed E-state index contributed by atoms with van der Waals surface area (Å²) in [5.41, 5.74) is 7.35. The quantitative estimate of drug-likeness (QED) is 0.272. The zero-order chi connectivity index (χ0) is 32.1. The Bertz CT molecular complexity index is 1520. The summed E-state index contributed by atoms with van der Waals surface area (Å²) >= 11 is 6.03. The van der Waals surface area contributed by atoms with E-state index in [0.29, 0.717) is 10.6 Å². The van der Waals surface area contributed by atoms with Gasteiger partial charge in [-0.15, -0.1) is 0 Å². The number of nitrogens with zero attached hydrogens (tertiary/aromatic N) is 2. The first-order valence-corrected chi connectivity index (χ1v) is 13.8. The first-order chi connectivity index (χ1) is 20.8. The summed E-state index contributed by atoms with van der Waals surface area (Å²) in [4.78, 5) is 68.7. The molecule has 0 aromatic heterocycles. The molecule has 5 atom stereocenters. The van der Waals surface area contributed by atoms with E-state index in [0.717, 1.165) is 32.6 Å². The van der Waals surface area contributed by atoms with Gasteiger partial charge in [-0.2, -0.15) is 0 Å². The van der Waals surface area contributed by atoms with Crippen molar-refractivity contribution in [1.29, 1.82) is 0 Å². The van der Waals surface area contributed by atoms with Crippen LogP contribution in [0.1, 0.15) is 33.3 Å². The molecule has 0 aliphatic carbocycles. The van der Waals surface area contributed by atoms with Crippen LogP contribution in [0.4, 0.5) is 11.4 Å². The first-order valence-electron chi connectivity index (χ1n) is 13.4. The molecule has 2 aliphatic heterocycles. The van der Waals surface area contributed by atoms with Crippen molar-refractivity contribution in [3.8, 4) is 0 Å². The molecule has 2 N–H and O–H groups in total. The molecule has 2 aromatic rings. The molecule has 2 heterocycles. The molecule has 0 bridgehead atoms. The van der Waals surface area contributed by atoms with Crippen molar-refractivity contribution in [2.75, 3.05) is 11.5 Å². The van der Waals surface area contributed by atoms with Crippen LogP contribution in [0.25, 0.3) is 6.08 Å². The second-order valence-corrected chi connectivity index (χ2v) is 10.3. The number of carbonyl (C=O) groups is 5. The average Bonchev–Trinajstić information content (AvgIpc) is 3.04. The number of rotatable bonds is 7. The summed E-state index contributed by atoms with van der Waals surface area (Å²) in [5.74, 6) is -3.92. The molecule has 1 saturated heterocycles. The van der Waals surface area contributed by atoms with E-state index in [1.807, 2.05) is 0 Å². The van der Waals surface area contributed by atoms with E-state index in [1.54, 1.807) is 48.5 Å². The summed E-state index contributed by atoms with van der Waals surface area (Å²) in [6.45, 7) is 4.02. The number of fused-ring (bicyclic) bond motifs is 1. The number of amidine groups is 1. The van der Waals surface area contributed by atoms with Gasteiger partial charge < -0.3 is 29.4 Å². The number of hydrogen-bond donors (Lipinski definition) is 1. The lowest BCUT2D eigenvalue weighted by Gasteiger charge is -2.47. The Morgan fingerprint density at radius 3 is 2.09 bits per heavy atom. The van der Waals surface area contributed by atoms with E-state index >= 15 is 0 Å². The Morgan fingerprint density at radius 1 is 0.886 bits per heavy atom. The average molecular weight is 628 g/mol. The maximum Gasteiger partial charge on any atom is 0.303 e. The molecule has 0 radical (unpaired) electrons. The lowest BCUT2D eigenvalue weighted by atomic mass is 9.95. The van der Waals surface area contributed by atoms with Crippen LogP contribution in [-0.2, 0) is 47.7 Å². The third-order valence-electron chi connectivity index (χ3n) is 6.51. The number of halogens is 1. The van der Waals surface area contributed by atoms with Gasteiger partial charge in [-0.05, 0) is 35.9 Å². The van der Waals surface area contributed by atoms with E-state index in [1.165, 1.54) is 6.08 Å². The van der Waals surface area contributed by atoms with Gasteiger partial charge >= 0.3 is 23.9 Å². The largest absolute Gasteiger partial charge is 0.463 e. The predicted molar refractivity (Wildman–Crippen MR) is 157 cm³/mol. The van der Waals surface area contributed by atoms with Gasteiger partial charge in [-0.1, -0.05) is 35.9 Å². The number of carbonyl (C=O) groups excluding carboxylic acids is 5. The van der Waals surface area contributed by atoms with Crippen molar-refractivity contribution >= 4 is 64.7 Å². The number of hydrogen-bond acceptors (Lipinski definition) is 12. The Morgan fingerprint density at radius 2 is 1.48 bits per heavy atom. The van der Waals surface area contributed by atoms with E-state index < -0.39 is 67.0 Å². The number of benzene rings is 2. The van der Waals surface area contributed by atoms with Gasteiger partial charge in [0.15, 0.2) is 24.5 Å². The molecule has 232 valence electrons. The van der Waals surface area contributed by atoms with Crippen molar-refractivity contribution in [2.45, 2.75) is 58.3 Å². The van der Waals surface area contributed by atoms with Gasteiger partial charge in [0.2, 0.25) is 0 Å². The summed E-state index contributed by atoms with van der Waals surface area (Å²) < 4.78 is 28.1. The fourth-order valence-electron chi connectivity index (χ4n) is 4.83. The van der Waals surface area contributed by atoms with Crippen LogP contribution in [0.5, 0.6) is 0 Å². The summed E-state index contributed by atoms with van der Waals surface area (Å²) in [6, 6.07) is 13.1. The molecule has 1 amide bonds. The third-order valence-corrected chi connectivity index (χ3v) is 6.76. The van der Waals surface area contributed by atoms with E-state index in [4.69, 9.17) is 41.0 Å². The fraction of sp³-hybridized carbons (Fsp3) is 0.333. The summed E-state index contributed by atoms with van der Waals surface area (Å²) in [6.07, 6.45) is -5.75. The highest BCUT2D eigenvalue weighted by molar-refractivity contribution is 6.31. The second kappa shape index (κ2) is 13.7. The number of ether oxygens (including phenoxy) is 5. The number of nitrogens with two attached hydrogens (primary N) is 1. The maximum absolute atomic E-state index is 14.5. The molecule has 44 heavy (non-hydrogen) atoms. The highest BCUT2D eigenvalue weighted by atomic mass is 35.5. The second-order valence-electron chi connectivity index (χ2n) is 9.86. The minimum absolute atomic E-state index is 0.0450. The number of amides is 1. The van der Waals surface area contributed by atoms with Gasteiger partial charge in [-0.25, -0.2) is 4.99 Å². The Balaban J connectivity index is 1.92. The van der Waals surface area contributed by atoms with Crippen molar-refractivity contribution < 1.29 is 47.7 Å². The number of aliphatic imine (C=N–C) groups is 1. The van der Waals surface area contributed by atoms with Crippen LogP contribution in [0, 0.1) is 0 Å². The number of para-hydroxylation sites is 2. The van der Waals surface area contributed by atoms with Crippen molar-refractivity contribution in [2.24, 2.45) is 10.7 Å². The van der Waals surface area contributed by atoms with Gasteiger partial charge in [0, 0.05) is 32.7 Å². The summed E-state index contributed by atoms with van der Waals surface area (Å²) in [7, 11) is 0. The molecular weight excluding hydrogens is 598 g/mol. The highest BCUT2D eigenvalue weighted by Crippen LogP contribution is 2.39. The van der Waals surface area contributed by atoms with Crippen molar-refractivity contribution in [3.05, 3.63) is 64.7 Å². The van der Waals surface area contributed by atoms with Crippen LogP contribution in [0.15, 0.2) is 59.1 Å². The van der Waals surface area contributed by atoms with Crippen LogP contribution in [0.2, 0.25) is 5.02 Å². The van der Waals surface area contributed by atoms with Crippen LogP contribution in [-0.4, -0.2) is 72.9 Å². The topological polar surface area (TPSA) is 173 Å². The van der Waals surface area contributed by atoms with Gasteiger partial charge in [0.25, 0.3) is 5.91 Å². The smallest absolute Gasteiger partial charge is 0.303 e. The van der Waals surface area contributed by atoms with E-state index in [2.05, 4.69) is 4.99 Å². The number of esters is 4. The predicted octanol–water partition coefficient (Wildman–Crippen LogP) is 2.84. The minimum atomic E-state index is -1.54. The summed E-state index contributed by atoms with van der Waals surface area (Å²) in [5, 5.41) is 0.479. The Hall–Kier alpha value is -4.75. The molecular formula is C30H30ClN3O10. The molecule has 2 aliphatic rings. The monoisotopic (exact) mass is 627 g/mol. The highest BCUT2D eigenvalue weighted by Gasteiger charge is 2.55. The zero-order valence-electron chi connectivity index (χ0n) is 24.2.